The Hall–Kier alpha value is -2.42. The number of aromatic nitrogens is 2. The number of benzene rings is 2. The molecule has 1 aromatic heterocycles. The zero-order chi connectivity index (χ0) is 20.6. The lowest BCUT2D eigenvalue weighted by atomic mass is 10.2. The van der Waals surface area contributed by atoms with Gasteiger partial charge in [0, 0.05) is 17.9 Å². The van der Waals surface area contributed by atoms with Crippen LogP contribution in [0.15, 0.2) is 53.4 Å². The van der Waals surface area contributed by atoms with Crippen molar-refractivity contribution in [1.82, 2.24) is 15.5 Å². The molecule has 0 saturated heterocycles. The lowest BCUT2D eigenvalue weighted by Crippen LogP contribution is -2.25. The van der Waals surface area contributed by atoms with Crippen molar-refractivity contribution in [2.24, 2.45) is 0 Å². The van der Waals surface area contributed by atoms with Crippen LogP contribution in [-0.2, 0) is 6.42 Å². The Labute approximate surface area is 182 Å². The molecule has 2 amide bonds. The minimum Gasteiger partial charge on any atom is -0.352 e. The number of amides is 2. The van der Waals surface area contributed by atoms with E-state index in [9.17, 15) is 9.59 Å². The number of nitrogens with zero attached hydrogens (tertiary/aromatic N) is 2. The summed E-state index contributed by atoms with van der Waals surface area (Å²) in [6, 6.07) is 14.3. The highest BCUT2D eigenvalue weighted by atomic mass is 35.5. The fraction of sp³-hybridized carbons (Fsp3) is 0.200. The van der Waals surface area contributed by atoms with E-state index in [2.05, 4.69) is 20.8 Å². The number of anilines is 1. The molecule has 0 atom stereocenters. The zero-order valence-corrected chi connectivity index (χ0v) is 18.0. The molecule has 0 fully saturated rings. The number of rotatable bonds is 8. The van der Waals surface area contributed by atoms with Crippen molar-refractivity contribution < 1.29 is 9.59 Å². The third-order valence-electron chi connectivity index (χ3n) is 3.86. The molecule has 0 aliphatic rings. The topological polar surface area (TPSA) is 84.0 Å². The van der Waals surface area contributed by atoms with Gasteiger partial charge in [-0.15, -0.1) is 22.0 Å². The van der Waals surface area contributed by atoms with Crippen molar-refractivity contribution in [1.29, 1.82) is 0 Å². The first-order valence-corrected chi connectivity index (χ1v) is 11.1. The van der Waals surface area contributed by atoms with Crippen LogP contribution in [0.2, 0.25) is 5.02 Å². The van der Waals surface area contributed by atoms with Crippen molar-refractivity contribution in [3.63, 3.8) is 0 Å². The summed E-state index contributed by atoms with van der Waals surface area (Å²) in [6.07, 6.45) is 0.506. The Morgan fingerprint density at radius 3 is 2.52 bits per heavy atom. The summed E-state index contributed by atoms with van der Waals surface area (Å²) in [4.78, 5) is 25.6. The van der Waals surface area contributed by atoms with E-state index < -0.39 is 0 Å². The molecule has 0 unspecified atom stereocenters. The van der Waals surface area contributed by atoms with Gasteiger partial charge < -0.3 is 5.32 Å². The van der Waals surface area contributed by atoms with Crippen LogP contribution in [0.5, 0.6) is 0 Å². The zero-order valence-electron chi connectivity index (χ0n) is 15.6. The number of halogens is 1. The van der Waals surface area contributed by atoms with Crippen LogP contribution in [0.4, 0.5) is 5.13 Å². The summed E-state index contributed by atoms with van der Waals surface area (Å²) in [5.41, 5.74) is 1.05. The lowest BCUT2D eigenvalue weighted by molar-refractivity contribution is 0.0953. The van der Waals surface area contributed by atoms with Gasteiger partial charge in [0.2, 0.25) is 5.13 Å². The average Bonchev–Trinajstić information content (AvgIpc) is 3.16. The van der Waals surface area contributed by atoms with Gasteiger partial charge in [-0.1, -0.05) is 54.1 Å². The molecule has 0 aliphatic carbocycles. The molecule has 9 heteroatoms. The van der Waals surface area contributed by atoms with E-state index in [0.29, 0.717) is 34.2 Å². The van der Waals surface area contributed by atoms with Gasteiger partial charge in [-0.25, -0.2) is 0 Å². The standard InChI is InChI=1S/C20H19ClN4O2S2/c1-2-28-16-10-6-4-8-14(16)19(27)23-20-25-24-17(29-20)11-12-22-18(26)13-7-3-5-9-15(13)21/h3-10H,2,11-12H2,1H3,(H,22,26)(H,23,25,27). The van der Waals surface area contributed by atoms with Gasteiger partial charge >= 0.3 is 0 Å². The Kier molecular flexibility index (Phi) is 7.62. The maximum Gasteiger partial charge on any atom is 0.258 e. The van der Waals surface area contributed by atoms with E-state index >= 15 is 0 Å². The summed E-state index contributed by atoms with van der Waals surface area (Å²) in [7, 11) is 0. The molecule has 0 bridgehead atoms. The lowest BCUT2D eigenvalue weighted by Gasteiger charge is -2.07. The van der Waals surface area contributed by atoms with Gasteiger partial charge in [0.1, 0.15) is 5.01 Å². The second kappa shape index (κ2) is 10.4. The number of carbonyl (C=O) groups is 2. The molecule has 2 aromatic carbocycles. The molecule has 3 rings (SSSR count). The van der Waals surface area contributed by atoms with Crippen molar-refractivity contribution in [3.8, 4) is 0 Å². The number of nitrogens with one attached hydrogen (secondary N) is 2. The fourth-order valence-electron chi connectivity index (χ4n) is 2.53. The van der Waals surface area contributed by atoms with Gasteiger partial charge in [0.15, 0.2) is 0 Å². The van der Waals surface area contributed by atoms with Gasteiger partial charge in [-0.05, 0) is 30.0 Å². The van der Waals surface area contributed by atoms with Crippen molar-refractivity contribution in [3.05, 3.63) is 69.7 Å². The first-order chi connectivity index (χ1) is 14.1. The van der Waals surface area contributed by atoms with Gasteiger partial charge in [-0.3, -0.25) is 14.9 Å². The summed E-state index contributed by atoms with van der Waals surface area (Å²) in [5, 5.41) is 15.3. The third kappa shape index (κ3) is 5.79. The predicted molar refractivity (Wildman–Crippen MR) is 118 cm³/mol. The normalized spacial score (nSPS) is 10.6. The van der Waals surface area contributed by atoms with Crippen LogP contribution < -0.4 is 10.6 Å². The Balaban J connectivity index is 1.54. The molecular formula is C20H19ClN4O2S2. The Morgan fingerprint density at radius 2 is 1.76 bits per heavy atom. The molecule has 6 nitrogen and oxygen atoms in total. The van der Waals surface area contributed by atoms with E-state index in [1.165, 1.54) is 11.3 Å². The largest absolute Gasteiger partial charge is 0.352 e. The van der Waals surface area contributed by atoms with Crippen molar-refractivity contribution in [2.75, 3.05) is 17.6 Å². The maximum absolute atomic E-state index is 12.6. The summed E-state index contributed by atoms with van der Waals surface area (Å²) in [6.45, 7) is 2.43. The molecule has 0 saturated carbocycles. The number of hydrogen-bond acceptors (Lipinski definition) is 6. The summed E-state index contributed by atoms with van der Waals surface area (Å²) in [5.74, 6) is 0.433. The van der Waals surface area contributed by atoms with Gasteiger partial charge in [-0.2, -0.15) is 0 Å². The minimum absolute atomic E-state index is 0.212. The smallest absolute Gasteiger partial charge is 0.258 e. The first-order valence-electron chi connectivity index (χ1n) is 8.96. The Morgan fingerprint density at radius 1 is 1.03 bits per heavy atom. The highest BCUT2D eigenvalue weighted by molar-refractivity contribution is 7.99. The van der Waals surface area contributed by atoms with Crippen LogP contribution >= 0.6 is 34.7 Å². The average molecular weight is 447 g/mol. The van der Waals surface area contributed by atoms with Crippen LogP contribution in [0, 0.1) is 0 Å². The number of thioether (sulfide) groups is 1. The van der Waals surface area contributed by atoms with Crippen molar-refractivity contribution in [2.45, 2.75) is 18.2 Å². The molecule has 2 N–H and O–H groups in total. The second-order valence-electron chi connectivity index (χ2n) is 5.87. The van der Waals surface area contributed by atoms with E-state index in [0.717, 1.165) is 15.7 Å². The number of carbonyl (C=O) groups excluding carboxylic acids is 2. The van der Waals surface area contributed by atoms with E-state index in [1.54, 1.807) is 42.1 Å². The van der Waals surface area contributed by atoms with Crippen LogP contribution in [0.3, 0.4) is 0 Å². The highest BCUT2D eigenvalue weighted by Gasteiger charge is 2.14. The summed E-state index contributed by atoms with van der Waals surface area (Å²) >= 11 is 8.93. The molecule has 29 heavy (non-hydrogen) atoms. The third-order valence-corrected chi connectivity index (χ3v) is 6.05. The highest BCUT2D eigenvalue weighted by Crippen LogP contribution is 2.24. The van der Waals surface area contributed by atoms with Crippen LogP contribution in [0.25, 0.3) is 0 Å². The molecular weight excluding hydrogens is 428 g/mol. The molecule has 0 spiro atoms. The van der Waals surface area contributed by atoms with Gasteiger partial charge in [0.05, 0.1) is 16.1 Å². The molecule has 0 aliphatic heterocycles. The maximum atomic E-state index is 12.6. The minimum atomic E-state index is -0.237. The monoisotopic (exact) mass is 446 g/mol. The van der Waals surface area contributed by atoms with Crippen molar-refractivity contribution >= 4 is 51.6 Å². The SMILES string of the molecule is CCSc1ccccc1C(=O)Nc1nnc(CCNC(=O)c2ccccc2Cl)s1. The van der Waals surface area contributed by atoms with E-state index in [4.69, 9.17) is 11.6 Å². The van der Waals surface area contributed by atoms with Gasteiger partial charge in [0.25, 0.3) is 11.8 Å². The molecule has 0 radical (unpaired) electrons. The van der Waals surface area contributed by atoms with E-state index in [1.807, 2.05) is 25.1 Å². The predicted octanol–water partition coefficient (Wildman–Crippen LogP) is 4.53. The Bertz CT molecular complexity index is 1010. The molecule has 150 valence electrons. The van der Waals surface area contributed by atoms with Crippen LogP contribution in [0.1, 0.15) is 32.6 Å². The second-order valence-corrected chi connectivity index (χ2v) is 8.65. The van der Waals surface area contributed by atoms with Crippen LogP contribution in [-0.4, -0.2) is 34.3 Å². The summed E-state index contributed by atoms with van der Waals surface area (Å²) < 4.78 is 0. The fourth-order valence-corrected chi connectivity index (χ4v) is 4.29. The first kappa shape index (κ1) is 21.3. The number of hydrogen-bond donors (Lipinski definition) is 2. The quantitative estimate of drug-likeness (QED) is 0.496. The molecule has 1 heterocycles. The molecule has 3 aromatic rings. The van der Waals surface area contributed by atoms with E-state index in [-0.39, 0.29) is 11.8 Å².